The van der Waals surface area contributed by atoms with Gasteiger partial charge in [-0.25, -0.2) is 18.5 Å². The van der Waals surface area contributed by atoms with E-state index in [0.29, 0.717) is 22.1 Å². The summed E-state index contributed by atoms with van der Waals surface area (Å²) in [5, 5.41) is 5.15. The van der Waals surface area contributed by atoms with E-state index in [1.165, 1.54) is 18.2 Å². The van der Waals surface area contributed by atoms with Gasteiger partial charge in [-0.2, -0.15) is 13.2 Å². The molecular formula is C23H16F3N3O2S2. The lowest BCUT2D eigenvalue weighted by Gasteiger charge is -2.10. The highest BCUT2D eigenvalue weighted by atomic mass is 32.2. The van der Waals surface area contributed by atoms with Crippen molar-refractivity contribution in [3.05, 3.63) is 76.6 Å². The fraction of sp³-hybridized carbons (Fsp3) is 0.174. The molecule has 3 heterocycles. The van der Waals surface area contributed by atoms with E-state index in [1.807, 2.05) is 16.7 Å². The van der Waals surface area contributed by atoms with Crippen LogP contribution >= 0.6 is 11.3 Å². The first-order valence-electron chi connectivity index (χ1n) is 9.93. The number of thiophene rings is 1. The first kappa shape index (κ1) is 21.7. The Morgan fingerprint density at radius 3 is 2.39 bits per heavy atom. The van der Waals surface area contributed by atoms with Gasteiger partial charge in [0.1, 0.15) is 15.6 Å². The third kappa shape index (κ3) is 4.39. The molecule has 0 radical (unpaired) electrons. The number of fused-ring (bicyclic) bond motifs is 1. The Labute approximate surface area is 191 Å². The molecule has 0 spiro atoms. The van der Waals surface area contributed by atoms with Crippen molar-refractivity contribution in [1.29, 1.82) is 0 Å². The summed E-state index contributed by atoms with van der Waals surface area (Å²) in [6.07, 6.45) is 1.13. The van der Waals surface area contributed by atoms with Crippen LogP contribution in [0.1, 0.15) is 40.5 Å². The molecule has 0 unspecified atom stereocenters. The number of hydrogen-bond donors (Lipinski definition) is 1. The molecule has 1 aliphatic rings. The van der Waals surface area contributed by atoms with Crippen LogP contribution < -0.4 is 5.14 Å². The molecule has 1 aromatic carbocycles. The molecule has 1 aliphatic carbocycles. The lowest BCUT2D eigenvalue weighted by molar-refractivity contribution is -0.137. The zero-order valence-electron chi connectivity index (χ0n) is 16.9. The third-order valence-corrected chi connectivity index (χ3v) is 7.81. The zero-order valence-corrected chi connectivity index (χ0v) is 18.6. The molecule has 5 nitrogen and oxygen atoms in total. The number of primary sulfonamides is 1. The van der Waals surface area contributed by atoms with Gasteiger partial charge in [0.2, 0.25) is 10.0 Å². The number of alkyl halides is 3. The SMILES string of the molecule is NS(=O)(=O)c1ccc(C#Cc2cnc3c(C4CC4)cc(-c4ccc(C(F)(F)F)cc4)cn23)s1. The van der Waals surface area contributed by atoms with Crippen molar-refractivity contribution in [3.8, 4) is 23.0 Å². The van der Waals surface area contributed by atoms with E-state index in [9.17, 15) is 21.6 Å². The molecule has 2 N–H and O–H groups in total. The molecule has 10 heteroatoms. The number of sulfonamides is 1. The average Bonchev–Trinajstić information content (AvgIpc) is 3.34. The molecule has 0 bridgehead atoms. The average molecular weight is 488 g/mol. The molecule has 1 saturated carbocycles. The Morgan fingerprint density at radius 1 is 1.06 bits per heavy atom. The van der Waals surface area contributed by atoms with Crippen molar-refractivity contribution in [2.75, 3.05) is 0 Å². The highest BCUT2D eigenvalue weighted by Crippen LogP contribution is 2.43. The lowest BCUT2D eigenvalue weighted by Crippen LogP contribution is -2.09. The number of halogens is 3. The smallest absolute Gasteiger partial charge is 0.292 e. The molecule has 0 saturated heterocycles. The van der Waals surface area contributed by atoms with Gasteiger partial charge < -0.3 is 0 Å². The number of pyridine rings is 1. The second kappa shape index (κ2) is 7.73. The Kier molecular flexibility index (Phi) is 5.08. The van der Waals surface area contributed by atoms with Crippen molar-refractivity contribution >= 4 is 27.0 Å². The van der Waals surface area contributed by atoms with Crippen LogP contribution in [0.3, 0.4) is 0 Å². The van der Waals surface area contributed by atoms with E-state index in [2.05, 4.69) is 16.8 Å². The molecule has 3 aromatic heterocycles. The Morgan fingerprint density at radius 2 is 1.79 bits per heavy atom. The van der Waals surface area contributed by atoms with Crippen LogP contribution in [0, 0.1) is 11.8 Å². The number of nitrogens with two attached hydrogens (primary N) is 1. The molecule has 168 valence electrons. The van der Waals surface area contributed by atoms with Crippen molar-refractivity contribution in [1.82, 2.24) is 9.38 Å². The Bertz CT molecular complexity index is 1540. The number of hydrogen-bond acceptors (Lipinski definition) is 4. The first-order valence-corrected chi connectivity index (χ1v) is 12.3. The van der Waals surface area contributed by atoms with Crippen molar-refractivity contribution in [2.45, 2.75) is 29.1 Å². The van der Waals surface area contributed by atoms with Crippen LogP contribution in [-0.2, 0) is 16.2 Å². The minimum Gasteiger partial charge on any atom is -0.292 e. The van der Waals surface area contributed by atoms with Gasteiger partial charge in [-0.15, -0.1) is 11.3 Å². The van der Waals surface area contributed by atoms with E-state index in [-0.39, 0.29) is 4.21 Å². The van der Waals surface area contributed by atoms with Gasteiger partial charge in [0.05, 0.1) is 16.6 Å². The topological polar surface area (TPSA) is 77.5 Å². The Balaban J connectivity index is 1.57. The number of aromatic nitrogens is 2. The quantitative estimate of drug-likeness (QED) is 0.413. The van der Waals surface area contributed by atoms with Gasteiger partial charge >= 0.3 is 6.18 Å². The molecule has 0 amide bonds. The summed E-state index contributed by atoms with van der Waals surface area (Å²) in [7, 11) is -3.78. The maximum atomic E-state index is 12.9. The summed E-state index contributed by atoms with van der Waals surface area (Å²) in [4.78, 5) is 5.05. The maximum Gasteiger partial charge on any atom is 0.416 e. The maximum absolute atomic E-state index is 12.9. The fourth-order valence-corrected chi connectivity index (χ4v) is 5.16. The van der Waals surface area contributed by atoms with E-state index in [1.54, 1.807) is 12.3 Å². The summed E-state index contributed by atoms with van der Waals surface area (Å²) < 4.78 is 63.6. The number of nitrogens with zero attached hydrogens (tertiary/aromatic N) is 2. The van der Waals surface area contributed by atoms with Gasteiger partial charge in [0.25, 0.3) is 0 Å². The van der Waals surface area contributed by atoms with Crippen molar-refractivity contribution in [3.63, 3.8) is 0 Å². The predicted octanol–water partition coefficient (Wildman–Crippen LogP) is 5.01. The van der Waals surface area contributed by atoms with E-state index < -0.39 is 21.8 Å². The van der Waals surface area contributed by atoms with E-state index in [0.717, 1.165) is 53.1 Å². The summed E-state index contributed by atoms with van der Waals surface area (Å²) in [6, 6.07) is 10.1. The van der Waals surface area contributed by atoms with Crippen LogP contribution in [0.2, 0.25) is 0 Å². The predicted molar refractivity (Wildman–Crippen MR) is 119 cm³/mol. The van der Waals surface area contributed by atoms with Crippen molar-refractivity contribution < 1.29 is 21.6 Å². The molecule has 5 rings (SSSR count). The molecule has 1 fully saturated rings. The standard InChI is InChI=1S/C23H16F3N3O2S2/c24-23(25,26)17-5-3-14(4-6-17)16-11-20(15-1-2-15)22-28-12-18(29(22)13-16)7-8-19-9-10-21(32-19)33(27,30)31/h3-6,9-13,15H,1-2H2,(H2,27,30,31). The fourth-order valence-electron chi connectivity index (χ4n) is 3.58. The molecule has 0 aliphatic heterocycles. The lowest BCUT2D eigenvalue weighted by atomic mass is 10.0. The number of benzene rings is 1. The summed E-state index contributed by atoms with van der Waals surface area (Å²) in [6.45, 7) is 0. The third-order valence-electron chi connectivity index (χ3n) is 5.37. The van der Waals surface area contributed by atoms with Gasteiger partial charge in [-0.3, -0.25) is 4.40 Å². The zero-order chi connectivity index (χ0) is 23.4. The normalized spacial score (nSPS) is 14.3. The summed E-state index contributed by atoms with van der Waals surface area (Å²) in [5.74, 6) is 6.32. The van der Waals surface area contributed by atoms with Crippen LogP contribution in [0.4, 0.5) is 13.2 Å². The van der Waals surface area contributed by atoms with Crippen molar-refractivity contribution in [2.24, 2.45) is 5.14 Å². The molecular weight excluding hydrogens is 471 g/mol. The van der Waals surface area contributed by atoms with Gasteiger partial charge in [0, 0.05) is 6.20 Å². The second-order valence-corrected chi connectivity index (χ2v) is 10.7. The van der Waals surface area contributed by atoms with Gasteiger partial charge in [-0.05, 0) is 77.6 Å². The molecule has 33 heavy (non-hydrogen) atoms. The second-order valence-electron chi connectivity index (χ2n) is 7.78. The van der Waals surface area contributed by atoms with Crippen LogP contribution in [0.5, 0.6) is 0 Å². The molecule has 0 atom stereocenters. The van der Waals surface area contributed by atoms with Crippen LogP contribution in [0.25, 0.3) is 16.8 Å². The van der Waals surface area contributed by atoms with Gasteiger partial charge in [0.15, 0.2) is 0 Å². The van der Waals surface area contributed by atoms with Gasteiger partial charge in [-0.1, -0.05) is 12.1 Å². The highest BCUT2D eigenvalue weighted by Gasteiger charge is 2.30. The number of rotatable bonds is 3. The summed E-state index contributed by atoms with van der Waals surface area (Å²) >= 11 is 0.980. The minimum absolute atomic E-state index is 0.0329. The monoisotopic (exact) mass is 487 g/mol. The highest BCUT2D eigenvalue weighted by molar-refractivity contribution is 7.91. The van der Waals surface area contributed by atoms with Crippen LogP contribution in [0.15, 0.2) is 59.1 Å². The van der Waals surface area contributed by atoms with Crippen LogP contribution in [-0.4, -0.2) is 17.8 Å². The largest absolute Gasteiger partial charge is 0.416 e. The molecule has 4 aromatic rings. The summed E-state index contributed by atoms with van der Waals surface area (Å²) in [5.41, 5.74) is 3.12. The first-order chi connectivity index (χ1) is 15.6. The van der Waals surface area contributed by atoms with E-state index in [4.69, 9.17) is 5.14 Å². The Hall–Kier alpha value is -3.13. The minimum atomic E-state index is -4.39. The number of imidazole rings is 1. The van der Waals surface area contributed by atoms with E-state index >= 15 is 0 Å².